The van der Waals surface area contributed by atoms with Crippen molar-refractivity contribution in [2.45, 2.75) is 31.2 Å². The molecule has 2 rings (SSSR count). The van der Waals surface area contributed by atoms with Gasteiger partial charge in [0.2, 0.25) is 0 Å². The van der Waals surface area contributed by atoms with Crippen molar-refractivity contribution in [3.63, 3.8) is 0 Å². The third kappa shape index (κ3) is 3.29. The lowest BCUT2D eigenvalue weighted by atomic mass is 9.96. The topological polar surface area (TPSA) is 67.6 Å². The molecule has 21 heavy (non-hydrogen) atoms. The number of ether oxygens (including phenoxy) is 1. The van der Waals surface area contributed by atoms with E-state index in [0.29, 0.717) is 23.5 Å². The minimum absolute atomic E-state index is 0.0803. The molecule has 1 aromatic rings. The van der Waals surface area contributed by atoms with E-state index in [2.05, 4.69) is 24.3 Å². The Labute approximate surface area is 126 Å². The molecule has 0 aliphatic heterocycles. The number of carbonyl (C=O) groups excluding carboxylic acids is 1. The predicted octanol–water partition coefficient (Wildman–Crippen LogP) is 1.88. The summed E-state index contributed by atoms with van der Waals surface area (Å²) in [6, 6.07) is 5.13. The van der Waals surface area contributed by atoms with Gasteiger partial charge in [0.25, 0.3) is 5.91 Å². The minimum atomic E-state index is -0.122. The fourth-order valence-corrected chi connectivity index (χ4v) is 3.03. The van der Waals surface area contributed by atoms with E-state index >= 15 is 0 Å². The maximum atomic E-state index is 12.3. The third-order valence-electron chi connectivity index (χ3n) is 4.56. The average molecular weight is 291 g/mol. The van der Waals surface area contributed by atoms with Crippen LogP contribution < -0.4 is 15.8 Å². The van der Waals surface area contributed by atoms with Crippen LogP contribution in [0, 0.1) is 0 Å². The zero-order valence-electron chi connectivity index (χ0n) is 13.1. The Balaban J connectivity index is 2.04. The molecule has 116 valence electrons. The predicted molar refractivity (Wildman–Crippen MR) is 84.6 cm³/mol. The third-order valence-corrected chi connectivity index (χ3v) is 4.56. The quantitative estimate of drug-likeness (QED) is 0.813. The number of carbonyl (C=O) groups is 1. The molecule has 0 bridgehead atoms. The maximum absolute atomic E-state index is 12.3. The van der Waals surface area contributed by atoms with Crippen molar-refractivity contribution in [1.29, 1.82) is 0 Å². The van der Waals surface area contributed by atoms with Gasteiger partial charge in [-0.15, -0.1) is 0 Å². The first-order valence-corrected chi connectivity index (χ1v) is 7.38. The van der Waals surface area contributed by atoms with E-state index in [1.807, 2.05) is 0 Å². The molecule has 0 spiro atoms. The van der Waals surface area contributed by atoms with Gasteiger partial charge in [-0.25, -0.2) is 0 Å². The monoisotopic (exact) mass is 291 g/mol. The molecule has 0 aromatic heterocycles. The van der Waals surface area contributed by atoms with Gasteiger partial charge in [0.1, 0.15) is 5.75 Å². The van der Waals surface area contributed by atoms with Crippen molar-refractivity contribution >= 4 is 11.6 Å². The van der Waals surface area contributed by atoms with E-state index in [1.54, 1.807) is 25.3 Å². The fraction of sp³-hybridized carbons (Fsp3) is 0.562. The van der Waals surface area contributed by atoms with Crippen molar-refractivity contribution in [3.8, 4) is 5.75 Å². The van der Waals surface area contributed by atoms with Crippen molar-refractivity contribution in [3.05, 3.63) is 23.8 Å². The summed E-state index contributed by atoms with van der Waals surface area (Å²) in [6.45, 7) is 0.657. The first-order valence-electron chi connectivity index (χ1n) is 7.38. The largest absolute Gasteiger partial charge is 0.497 e. The Hall–Kier alpha value is -1.75. The number of nitrogen functional groups attached to an aromatic ring is 1. The zero-order chi connectivity index (χ0) is 15.5. The highest BCUT2D eigenvalue weighted by Crippen LogP contribution is 2.33. The van der Waals surface area contributed by atoms with Crippen molar-refractivity contribution < 1.29 is 9.53 Å². The van der Waals surface area contributed by atoms with E-state index < -0.39 is 0 Å². The molecule has 0 atom stereocenters. The lowest BCUT2D eigenvalue weighted by Gasteiger charge is -2.36. The number of rotatable bonds is 5. The Morgan fingerprint density at radius 2 is 2.05 bits per heavy atom. The van der Waals surface area contributed by atoms with Crippen LogP contribution in [-0.2, 0) is 0 Å². The Kier molecular flexibility index (Phi) is 4.73. The van der Waals surface area contributed by atoms with E-state index in [0.717, 1.165) is 12.8 Å². The number of benzene rings is 1. The van der Waals surface area contributed by atoms with Crippen molar-refractivity contribution in [2.24, 2.45) is 0 Å². The molecule has 1 aliphatic rings. The van der Waals surface area contributed by atoms with Gasteiger partial charge in [-0.1, -0.05) is 12.8 Å². The summed E-state index contributed by atoms with van der Waals surface area (Å²) in [4.78, 5) is 14.6. The van der Waals surface area contributed by atoms with E-state index in [4.69, 9.17) is 10.5 Å². The number of amides is 1. The Morgan fingerprint density at radius 3 is 2.57 bits per heavy atom. The molecule has 1 fully saturated rings. The van der Waals surface area contributed by atoms with Gasteiger partial charge < -0.3 is 20.7 Å². The summed E-state index contributed by atoms with van der Waals surface area (Å²) < 4.78 is 5.10. The summed E-state index contributed by atoms with van der Waals surface area (Å²) >= 11 is 0. The normalized spacial score (nSPS) is 17.0. The number of likely N-dealkylation sites (N-methyl/N-ethyl adjacent to an activating group) is 1. The smallest absolute Gasteiger partial charge is 0.253 e. The summed E-state index contributed by atoms with van der Waals surface area (Å²) in [5, 5.41) is 3.04. The van der Waals surface area contributed by atoms with Crippen LogP contribution in [0.25, 0.3) is 0 Å². The van der Waals surface area contributed by atoms with Crippen LogP contribution in [-0.4, -0.2) is 44.1 Å². The van der Waals surface area contributed by atoms with Gasteiger partial charge in [0.15, 0.2) is 0 Å². The molecule has 5 heteroatoms. The van der Waals surface area contributed by atoms with E-state index in [-0.39, 0.29) is 11.4 Å². The Morgan fingerprint density at radius 1 is 1.38 bits per heavy atom. The molecule has 0 heterocycles. The molecule has 1 amide bonds. The number of hydrogen-bond acceptors (Lipinski definition) is 4. The van der Waals surface area contributed by atoms with Gasteiger partial charge in [0, 0.05) is 23.8 Å². The lowest BCUT2D eigenvalue weighted by Crippen LogP contribution is -2.50. The molecular formula is C16H25N3O2. The molecule has 0 unspecified atom stereocenters. The van der Waals surface area contributed by atoms with Gasteiger partial charge in [-0.05, 0) is 39.1 Å². The van der Waals surface area contributed by atoms with Gasteiger partial charge in [0.05, 0.1) is 12.7 Å². The maximum Gasteiger partial charge on any atom is 0.253 e. The number of anilines is 1. The van der Waals surface area contributed by atoms with Crippen LogP contribution in [0.5, 0.6) is 5.75 Å². The summed E-state index contributed by atoms with van der Waals surface area (Å²) in [5.41, 5.74) is 6.95. The molecule has 1 aromatic carbocycles. The van der Waals surface area contributed by atoms with Crippen molar-refractivity contribution in [1.82, 2.24) is 10.2 Å². The van der Waals surface area contributed by atoms with E-state index in [9.17, 15) is 4.79 Å². The summed E-state index contributed by atoms with van der Waals surface area (Å²) in [5.74, 6) is 0.535. The number of nitrogens with one attached hydrogen (secondary N) is 1. The zero-order valence-corrected chi connectivity index (χ0v) is 13.1. The van der Waals surface area contributed by atoms with Crippen LogP contribution in [0.15, 0.2) is 18.2 Å². The van der Waals surface area contributed by atoms with Gasteiger partial charge in [-0.2, -0.15) is 0 Å². The van der Waals surface area contributed by atoms with Crippen LogP contribution in [0.3, 0.4) is 0 Å². The van der Waals surface area contributed by atoms with Crippen molar-refractivity contribution in [2.75, 3.05) is 33.5 Å². The number of hydrogen-bond donors (Lipinski definition) is 2. The molecule has 5 nitrogen and oxygen atoms in total. The SMILES string of the molecule is COc1ccc(C(=O)NCC2(N(C)C)CCCC2)c(N)c1. The first kappa shape index (κ1) is 15.6. The fourth-order valence-electron chi connectivity index (χ4n) is 3.03. The van der Waals surface area contributed by atoms with Gasteiger partial charge in [-0.3, -0.25) is 4.79 Å². The van der Waals surface area contributed by atoms with Crippen LogP contribution in [0.2, 0.25) is 0 Å². The molecule has 0 saturated heterocycles. The number of methoxy groups -OCH3 is 1. The average Bonchev–Trinajstić information content (AvgIpc) is 2.94. The number of nitrogens with zero attached hydrogens (tertiary/aromatic N) is 1. The molecular weight excluding hydrogens is 266 g/mol. The summed E-state index contributed by atoms with van der Waals surface area (Å²) in [7, 11) is 5.74. The second kappa shape index (κ2) is 6.35. The second-order valence-electron chi connectivity index (χ2n) is 5.96. The highest BCUT2D eigenvalue weighted by Gasteiger charge is 2.36. The summed E-state index contributed by atoms with van der Waals surface area (Å²) in [6.07, 6.45) is 4.69. The molecule has 1 saturated carbocycles. The molecule has 1 aliphatic carbocycles. The Bertz CT molecular complexity index is 508. The van der Waals surface area contributed by atoms with Gasteiger partial charge >= 0.3 is 0 Å². The number of nitrogens with two attached hydrogens (primary N) is 1. The van der Waals surface area contributed by atoms with E-state index in [1.165, 1.54) is 12.8 Å². The molecule has 3 N–H and O–H groups in total. The second-order valence-corrected chi connectivity index (χ2v) is 5.96. The highest BCUT2D eigenvalue weighted by atomic mass is 16.5. The van der Waals surface area contributed by atoms with Crippen LogP contribution >= 0.6 is 0 Å². The molecule has 0 radical (unpaired) electrons. The van der Waals surface area contributed by atoms with Crippen LogP contribution in [0.1, 0.15) is 36.0 Å². The highest BCUT2D eigenvalue weighted by molar-refractivity contribution is 5.99. The first-order chi connectivity index (χ1) is 9.98. The standard InChI is InChI=1S/C16H25N3O2/c1-19(2)16(8-4-5-9-16)11-18-15(20)13-7-6-12(21-3)10-14(13)17/h6-7,10H,4-5,8-9,11,17H2,1-3H3,(H,18,20). The van der Waals surface area contributed by atoms with Crippen LogP contribution in [0.4, 0.5) is 5.69 Å². The minimum Gasteiger partial charge on any atom is -0.497 e. The lowest BCUT2D eigenvalue weighted by molar-refractivity contribution is 0.0901.